The van der Waals surface area contributed by atoms with Crippen LogP contribution in [0.5, 0.6) is 0 Å². The van der Waals surface area contributed by atoms with E-state index < -0.39 is 12.0 Å². The van der Waals surface area contributed by atoms with Gasteiger partial charge in [0.1, 0.15) is 6.04 Å². The molecule has 100 valence electrons. The Morgan fingerprint density at radius 1 is 1.37 bits per heavy atom. The van der Waals surface area contributed by atoms with Gasteiger partial charge in [-0.2, -0.15) is 0 Å². The third kappa shape index (κ3) is 3.65. The summed E-state index contributed by atoms with van der Waals surface area (Å²) >= 11 is 5.01. The van der Waals surface area contributed by atoms with Gasteiger partial charge in [-0.15, -0.1) is 11.3 Å². The molecule has 0 aliphatic carbocycles. The molecule has 0 radical (unpaired) electrons. The average molecular weight is 340 g/mol. The van der Waals surface area contributed by atoms with Crippen molar-refractivity contribution in [2.45, 2.75) is 19.0 Å². The summed E-state index contributed by atoms with van der Waals surface area (Å²) < 4.78 is 1.02. The second-order valence-electron chi connectivity index (χ2n) is 4.24. The second kappa shape index (κ2) is 6.32. The van der Waals surface area contributed by atoms with Crippen molar-refractivity contribution in [1.82, 2.24) is 5.32 Å². The van der Waals surface area contributed by atoms with Crippen LogP contribution in [0.1, 0.15) is 29.4 Å². The van der Waals surface area contributed by atoms with E-state index in [-0.39, 0.29) is 6.04 Å². The van der Waals surface area contributed by atoms with Gasteiger partial charge in [-0.1, -0.05) is 30.3 Å². The van der Waals surface area contributed by atoms with E-state index in [0.29, 0.717) is 0 Å². The molecule has 19 heavy (non-hydrogen) atoms. The molecule has 1 aromatic carbocycles. The fourth-order valence-corrected chi connectivity index (χ4v) is 3.31. The lowest BCUT2D eigenvalue weighted by atomic mass is 10.1. The standard InChI is InChI=1S/C14H14BrNO2S/c1-9(12-7-11(15)8-19-12)16-13(14(17)18)10-5-3-2-4-6-10/h2-9,13,16H,1H3,(H,17,18). The Morgan fingerprint density at radius 2 is 2.05 bits per heavy atom. The first-order valence-electron chi connectivity index (χ1n) is 5.85. The molecule has 0 saturated carbocycles. The highest BCUT2D eigenvalue weighted by molar-refractivity contribution is 9.10. The molecule has 2 rings (SSSR count). The first-order valence-corrected chi connectivity index (χ1v) is 7.53. The number of nitrogens with one attached hydrogen (secondary N) is 1. The minimum absolute atomic E-state index is 0.0161. The van der Waals surface area contributed by atoms with Crippen LogP contribution in [0.15, 0.2) is 46.3 Å². The van der Waals surface area contributed by atoms with E-state index in [1.807, 2.05) is 48.7 Å². The van der Waals surface area contributed by atoms with Crippen LogP contribution in [0.3, 0.4) is 0 Å². The second-order valence-corrected chi connectivity index (χ2v) is 6.10. The van der Waals surface area contributed by atoms with Gasteiger partial charge >= 0.3 is 5.97 Å². The fraction of sp³-hybridized carbons (Fsp3) is 0.214. The maximum atomic E-state index is 11.4. The highest BCUT2D eigenvalue weighted by atomic mass is 79.9. The molecular weight excluding hydrogens is 326 g/mol. The monoisotopic (exact) mass is 339 g/mol. The molecule has 0 aliphatic heterocycles. The number of rotatable bonds is 5. The van der Waals surface area contributed by atoms with Crippen molar-refractivity contribution in [3.63, 3.8) is 0 Å². The molecule has 0 aliphatic rings. The molecule has 0 bridgehead atoms. The Labute approximate surface area is 124 Å². The predicted octanol–water partition coefficient (Wildman–Crippen LogP) is 3.99. The van der Waals surface area contributed by atoms with Crippen LogP contribution < -0.4 is 5.32 Å². The van der Waals surface area contributed by atoms with Crippen molar-refractivity contribution >= 4 is 33.2 Å². The van der Waals surface area contributed by atoms with Crippen LogP contribution in [-0.2, 0) is 4.79 Å². The molecule has 0 saturated heterocycles. The zero-order chi connectivity index (χ0) is 13.8. The number of halogens is 1. The van der Waals surface area contributed by atoms with Crippen molar-refractivity contribution < 1.29 is 9.90 Å². The molecule has 2 aromatic rings. The Kier molecular flexibility index (Phi) is 4.74. The number of carboxylic acids is 1. The Morgan fingerprint density at radius 3 is 2.58 bits per heavy atom. The number of hydrogen-bond donors (Lipinski definition) is 2. The van der Waals surface area contributed by atoms with Crippen molar-refractivity contribution in [2.75, 3.05) is 0 Å². The van der Waals surface area contributed by atoms with E-state index in [1.165, 1.54) is 0 Å². The Bertz CT molecular complexity index is 556. The van der Waals surface area contributed by atoms with Gasteiger partial charge < -0.3 is 5.11 Å². The number of thiophene rings is 1. The van der Waals surface area contributed by atoms with E-state index in [2.05, 4.69) is 21.2 Å². The van der Waals surface area contributed by atoms with Gasteiger partial charge in [-0.05, 0) is 34.5 Å². The molecule has 0 fully saturated rings. The summed E-state index contributed by atoms with van der Waals surface area (Å²) in [6, 6.07) is 10.5. The normalized spacial score (nSPS) is 14.0. The van der Waals surface area contributed by atoms with Crippen LogP contribution in [0.4, 0.5) is 0 Å². The minimum atomic E-state index is -0.867. The first-order chi connectivity index (χ1) is 9.08. The minimum Gasteiger partial charge on any atom is -0.480 e. The smallest absolute Gasteiger partial charge is 0.325 e. The van der Waals surface area contributed by atoms with Crippen LogP contribution in [0, 0.1) is 0 Å². The third-order valence-corrected chi connectivity index (χ3v) is 4.69. The quantitative estimate of drug-likeness (QED) is 0.865. The molecule has 2 N–H and O–H groups in total. The Balaban J connectivity index is 2.16. The van der Waals surface area contributed by atoms with E-state index in [1.54, 1.807) is 11.3 Å². The van der Waals surface area contributed by atoms with Crippen molar-refractivity contribution in [2.24, 2.45) is 0 Å². The van der Waals surface area contributed by atoms with Gasteiger partial charge in [-0.25, -0.2) is 0 Å². The van der Waals surface area contributed by atoms with Crippen LogP contribution in [0.2, 0.25) is 0 Å². The number of carboxylic acid groups (broad SMARTS) is 1. The van der Waals surface area contributed by atoms with Gasteiger partial charge in [0.15, 0.2) is 0 Å². The summed E-state index contributed by atoms with van der Waals surface area (Å²) in [5.74, 6) is -0.867. The highest BCUT2D eigenvalue weighted by Crippen LogP contribution is 2.27. The summed E-state index contributed by atoms with van der Waals surface area (Å²) in [7, 11) is 0. The van der Waals surface area contributed by atoms with Gasteiger partial charge in [0.25, 0.3) is 0 Å². The van der Waals surface area contributed by atoms with E-state index in [9.17, 15) is 9.90 Å². The van der Waals surface area contributed by atoms with Gasteiger partial charge in [-0.3, -0.25) is 10.1 Å². The number of hydrogen-bond acceptors (Lipinski definition) is 3. The first kappa shape index (κ1) is 14.2. The van der Waals surface area contributed by atoms with Gasteiger partial charge in [0.2, 0.25) is 0 Å². The maximum absolute atomic E-state index is 11.4. The number of carbonyl (C=O) groups is 1. The molecule has 0 spiro atoms. The Hall–Kier alpha value is -1.17. The van der Waals surface area contributed by atoms with Crippen molar-refractivity contribution in [3.8, 4) is 0 Å². The summed E-state index contributed by atoms with van der Waals surface area (Å²) in [6.45, 7) is 1.97. The molecule has 1 aromatic heterocycles. The van der Waals surface area contributed by atoms with Crippen molar-refractivity contribution in [1.29, 1.82) is 0 Å². The number of benzene rings is 1. The summed E-state index contributed by atoms with van der Waals surface area (Å²) in [5, 5.41) is 14.5. The summed E-state index contributed by atoms with van der Waals surface area (Å²) in [5.41, 5.74) is 0.762. The van der Waals surface area contributed by atoms with Crippen LogP contribution >= 0.6 is 27.3 Å². The lowest BCUT2D eigenvalue weighted by molar-refractivity contribution is -0.139. The molecule has 2 atom stereocenters. The SMILES string of the molecule is CC(NC(C(=O)O)c1ccccc1)c1cc(Br)cs1. The zero-order valence-electron chi connectivity index (χ0n) is 10.3. The third-order valence-electron chi connectivity index (χ3n) is 2.81. The van der Waals surface area contributed by atoms with E-state index in [0.717, 1.165) is 14.9 Å². The average Bonchev–Trinajstić information content (AvgIpc) is 2.83. The highest BCUT2D eigenvalue weighted by Gasteiger charge is 2.22. The molecule has 3 nitrogen and oxygen atoms in total. The van der Waals surface area contributed by atoms with Crippen molar-refractivity contribution in [3.05, 3.63) is 56.7 Å². The van der Waals surface area contributed by atoms with Gasteiger partial charge in [0, 0.05) is 20.8 Å². The molecule has 0 amide bonds. The lowest BCUT2D eigenvalue weighted by Crippen LogP contribution is -2.30. The summed E-state index contributed by atoms with van der Waals surface area (Å²) in [4.78, 5) is 12.5. The molecule has 2 unspecified atom stereocenters. The maximum Gasteiger partial charge on any atom is 0.325 e. The predicted molar refractivity (Wildman–Crippen MR) is 80.4 cm³/mol. The van der Waals surface area contributed by atoms with E-state index in [4.69, 9.17) is 0 Å². The molecule has 1 heterocycles. The molecule has 5 heteroatoms. The zero-order valence-corrected chi connectivity index (χ0v) is 12.7. The summed E-state index contributed by atoms with van der Waals surface area (Å²) in [6.07, 6.45) is 0. The van der Waals surface area contributed by atoms with Crippen LogP contribution in [-0.4, -0.2) is 11.1 Å². The molecular formula is C14H14BrNO2S. The lowest BCUT2D eigenvalue weighted by Gasteiger charge is -2.19. The fourth-order valence-electron chi connectivity index (χ4n) is 1.84. The largest absolute Gasteiger partial charge is 0.480 e. The van der Waals surface area contributed by atoms with Crippen LogP contribution in [0.25, 0.3) is 0 Å². The van der Waals surface area contributed by atoms with Gasteiger partial charge in [0.05, 0.1) is 0 Å². The number of aliphatic carboxylic acids is 1. The van der Waals surface area contributed by atoms with E-state index >= 15 is 0 Å². The topological polar surface area (TPSA) is 49.3 Å².